The lowest BCUT2D eigenvalue weighted by molar-refractivity contribution is -0.313. The third kappa shape index (κ3) is 2.61. The summed E-state index contributed by atoms with van der Waals surface area (Å²) >= 11 is 0. The van der Waals surface area contributed by atoms with Crippen LogP contribution in [-0.2, 0) is 16.6 Å². The van der Waals surface area contributed by atoms with Crippen molar-refractivity contribution >= 4 is 17.6 Å². The second-order valence-electron chi connectivity index (χ2n) is 7.24. The SMILES string of the molecule is Cc1c(NC(=O)[C@@H]2[C@@H](C(=O)[O-])[C@H]3C=C[C@@H]2C3)c(=O)n(-c2ccccc2)n1C. The van der Waals surface area contributed by atoms with Gasteiger partial charge in [-0.3, -0.25) is 14.3 Å². The highest BCUT2D eigenvalue weighted by Crippen LogP contribution is 2.48. The first-order valence-corrected chi connectivity index (χ1v) is 8.94. The van der Waals surface area contributed by atoms with Crippen LogP contribution in [0.3, 0.4) is 0 Å². The summed E-state index contributed by atoms with van der Waals surface area (Å²) in [6, 6.07) is 9.12. The Kier molecular flexibility index (Phi) is 4.02. The number of anilines is 1. The predicted molar refractivity (Wildman–Crippen MR) is 97.1 cm³/mol. The highest BCUT2D eigenvalue weighted by molar-refractivity contribution is 5.96. The number of amides is 1. The van der Waals surface area contributed by atoms with Crippen molar-refractivity contribution in [3.63, 3.8) is 0 Å². The molecule has 27 heavy (non-hydrogen) atoms. The van der Waals surface area contributed by atoms with Crippen molar-refractivity contribution in [1.29, 1.82) is 0 Å². The van der Waals surface area contributed by atoms with Crippen LogP contribution in [0, 0.1) is 30.6 Å². The van der Waals surface area contributed by atoms with Crippen LogP contribution in [0.1, 0.15) is 12.1 Å². The van der Waals surface area contributed by atoms with Crippen molar-refractivity contribution in [3.8, 4) is 5.69 Å². The van der Waals surface area contributed by atoms with Gasteiger partial charge >= 0.3 is 0 Å². The van der Waals surface area contributed by atoms with Crippen LogP contribution < -0.4 is 16.0 Å². The first-order valence-electron chi connectivity index (χ1n) is 8.94. The van der Waals surface area contributed by atoms with Gasteiger partial charge in [0.1, 0.15) is 5.69 Å². The number of rotatable bonds is 4. The van der Waals surface area contributed by atoms with Gasteiger partial charge in [0.2, 0.25) is 5.91 Å². The van der Waals surface area contributed by atoms with E-state index in [2.05, 4.69) is 5.32 Å². The van der Waals surface area contributed by atoms with E-state index >= 15 is 0 Å². The fraction of sp³-hybridized carbons (Fsp3) is 0.350. The molecule has 0 aliphatic heterocycles. The molecular weight excluding hydrogens is 346 g/mol. The van der Waals surface area contributed by atoms with Gasteiger partial charge in [-0.25, -0.2) is 4.68 Å². The minimum atomic E-state index is -1.21. The molecule has 2 bridgehead atoms. The molecular formula is C20H20N3O4-. The first-order chi connectivity index (χ1) is 12.9. The van der Waals surface area contributed by atoms with Crippen LogP contribution >= 0.6 is 0 Å². The lowest BCUT2D eigenvalue weighted by atomic mass is 9.82. The van der Waals surface area contributed by atoms with E-state index in [9.17, 15) is 19.5 Å². The topological polar surface area (TPSA) is 96.2 Å². The number of carboxylic acids is 1. The third-order valence-electron chi connectivity index (χ3n) is 5.84. The molecule has 4 atom stereocenters. The van der Waals surface area contributed by atoms with Crippen LogP contribution in [0.2, 0.25) is 0 Å². The standard InChI is InChI=1S/C20H21N3O4/c1-11-17(19(25)23(22(11)2)14-6-4-3-5-7-14)21-18(24)15-12-8-9-13(10-12)16(15)20(26)27/h3-9,12-13,15-16H,10H2,1-2H3,(H,21,24)(H,26,27)/p-1/t12-,13+,15+,16+/m1/s1. The molecule has 0 spiro atoms. The van der Waals surface area contributed by atoms with Crippen LogP contribution in [0.15, 0.2) is 47.3 Å². The van der Waals surface area contributed by atoms with E-state index in [0.717, 1.165) is 0 Å². The molecule has 1 fully saturated rings. The molecule has 1 saturated carbocycles. The molecule has 7 nitrogen and oxygen atoms in total. The highest BCUT2D eigenvalue weighted by atomic mass is 16.4. The summed E-state index contributed by atoms with van der Waals surface area (Å²) in [6.45, 7) is 1.74. The van der Waals surface area contributed by atoms with Crippen LogP contribution in [0.25, 0.3) is 5.69 Å². The van der Waals surface area contributed by atoms with Crippen LogP contribution in [-0.4, -0.2) is 21.2 Å². The summed E-state index contributed by atoms with van der Waals surface area (Å²) in [5.74, 6) is -3.51. The maximum atomic E-state index is 12.9. The monoisotopic (exact) mass is 366 g/mol. The molecule has 2 aliphatic rings. The second kappa shape index (κ2) is 6.26. The van der Waals surface area contributed by atoms with E-state index in [1.807, 2.05) is 30.4 Å². The summed E-state index contributed by atoms with van der Waals surface area (Å²) in [5, 5.41) is 14.2. The number of para-hydroxylation sites is 1. The molecule has 0 radical (unpaired) electrons. The molecule has 0 saturated heterocycles. The third-order valence-corrected chi connectivity index (χ3v) is 5.84. The van der Waals surface area contributed by atoms with E-state index in [4.69, 9.17) is 0 Å². The molecule has 1 heterocycles. The van der Waals surface area contributed by atoms with E-state index in [1.165, 1.54) is 4.68 Å². The van der Waals surface area contributed by atoms with E-state index in [1.54, 1.807) is 30.8 Å². The Bertz CT molecular complexity index is 1000. The maximum absolute atomic E-state index is 12.9. The summed E-state index contributed by atoms with van der Waals surface area (Å²) in [7, 11) is 1.74. The molecule has 1 N–H and O–H groups in total. The molecule has 4 rings (SSSR count). The van der Waals surface area contributed by atoms with Gasteiger partial charge in [-0.2, -0.15) is 0 Å². The van der Waals surface area contributed by atoms with Gasteiger partial charge in [-0.05, 0) is 37.3 Å². The van der Waals surface area contributed by atoms with Crippen LogP contribution in [0.4, 0.5) is 5.69 Å². The van der Waals surface area contributed by atoms with Gasteiger partial charge < -0.3 is 15.2 Å². The van der Waals surface area contributed by atoms with Crippen molar-refractivity contribution in [2.75, 3.05) is 5.32 Å². The Balaban J connectivity index is 1.68. The van der Waals surface area contributed by atoms with E-state index in [-0.39, 0.29) is 23.1 Å². The Labute approximate surface area is 155 Å². The zero-order valence-electron chi connectivity index (χ0n) is 15.1. The van der Waals surface area contributed by atoms with Crippen molar-refractivity contribution in [2.24, 2.45) is 30.7 Å². The Morgan fingerprint density at radius 1 is 1.11 bits per heavy atom. The average Bonchev–Trinajstić information content (AvgIpc) is 3.32. The van der Waals surface area contributed by atoms with Gasteiger partial charge in [0.15, 0.2) is 0 Å². The Hall–Kier alpha value is -3.09. The number of nitrogens with zero attached hydrogens (tertiary/aromatic N) is 2. The first kappa shape index (κ1) is 17.3. The molecule has 1 amide bonds. The number of hydrogen-bond donors (Lipinski definition) is 1. The summed E-state index contributed by atoms with van der Waals surface area (Å²) in [4.78, 5) is 37.3. The normalized spacial score (nSPS) is 25.7. The molecule has 1 aromatic carbocycles. The number of allylic oxidation sites excluding steroid dienone is 2. The van der Waals surface area contributed by atoms with Gasteiger partial charge in [-0.15, -0.1) is 0 Å². The summed E-state index contributed by atoms with van der Waals surface area (Å²) in [6.07, 6.45) is 4.39. The predicted octanol–water partition coefficient (Wildman–Crippen LogP) is 0.611. The number of carboxylic acid groups (broad SMARTS) is 1. The number of benzene rings is 1. The largest absolute Gasteiger partial charge is 0.550 e. The molecule has 2 aliphatic carbocycles. The molecule has 1 aromatic heterocycles. The minimum Gasteiger partial charge on any atom is -0.550 e. The molecule has 7 heteroatoms. The highest BCUT2D eigenvalue weighted by Gasteiger charge is 2.48. The van der Waals surface area contributed by atoms with Gasteiger partial charge in [0.25, 0.3) is 5.56 Å². The molecule has 140 valence electrons. The van der Waals surface area contributed by atoms with Gasteiger partial charge in [0, 0.05) is 18.9 Å². The quantitative estimate of drug-likeness (QED) is 0.802. The number of nitrogens with one attached hydrogen (secondary N) is 1. The number of aliphatic carboxylic acids is 1. The number of aromatic nitrogens is 2. The van der Waals surface area contributed by atoms with Gasteiger partial charge in [0.05, 0.1) is 17.3 Å². The van der Waals surface area contributed by atoms with Crippen molar-refractivity contribution in [2.45, 2.75) is 13.3 Å². The van der Waals surface area contributed by atoms with E-state index < -0.39 is 23.7 Å². The minimum absolute atomic E-state index is 0.127. The smallest absolute Gasteiger partial charge is 0.295 e. The lowest BCUT2D eigenvalue weighted by Gasteiger charge is -2.27. The second-order valence-corrected chi connectivity index (χ2v) is 7.24. The number of carbonyl (C=O) groups is 2. The number of fused-ring (bicyclic) bond motifs is 2. The zero-order chi connectivity index (χ0) is 19.3. The number of carbonyl (C=O) groups excluding carboxylic acids is 2. The van der Waals surface area contributed by atoms with Gasteiger partial charge in [-0.1, -0.05) is 30.4 Å². The Morgan fingerprint density at radius 2 is 1.74 bits per heavy atom. The molecule has 0 unspecified atom stereocenters. The van der Waals surface area contributed by atoms with Crippen LogP contribution in [0.5, 0.6) is 0 Å². The van der Waals surface area contributed by atoms with Crippen molar-refractivity contribution < 1.29 is 14.7 Å². The van der Waals surface area contributed by atoms with Crippen molar-refractivity contribution in [3.05, 3.63) is 58.5 Å². The summed E-state index contributed by atoms with van der Waals surface area (Å²) < 4.78 is 3.14. The van der Waals surface area contributed by atoms with Crippen molar-refractivity contribution in [1.82, 2.24) is 9.36 Å². The number of hydrogen-bond acceptors (Lipinski definition) is 4. The Morgan fingerprint density at radius 3 is 2.37 bits per heavy atom. The fourth-order valence-corrected chi connectivity index (χ4v) is 4.42. The zero-order valence-corrected chi connectivity index (χ0v) is 15.1. The fourth-order valence-electron chi connectivity index (χ4n) is 4.42. The lowest BCUT2D eigenvalue weighted by Crippen LogP contribution is -2.43. The summed E-state index contributed by atoms with van der Waals surface area (Å²) in [5.41, 5.74) is 1.11. The maximum Gasteiger partial charge on any atom is 0.295 e. The molecule has 2 aromatic rings. The van der Waals surface area contributed by atoms with E-state index in [0.29, 0.717) is 17.8 Å². The average molecular weight is 366 g/mol.